The normalized spacial score (nSPS) is 30.5. The molecule has 2 amide bonds. The minimum Gasteiger partial charge on any atom is -0.432 e. The Labute approximate surface area is 184 Å². The highest BCUT2D eigenvalue weighted by molar-refractivity contribution is 6.71. The Morgan fingerprint density at radius 3 is 2.68 bits per heavy atom. The summed E-state index contributed by atoms with van der Waals surface area (Å²) in [6, 6.07) is 5.69. The highest BCUT2D eigenvalue weighted by atomic mass is 28.4. The van der Waals surface area contributed by atoms with Crippen molar-refractivity contribution in [2.45, 2.75) is 56.5 Å². The molecule has 2 N–H and O–H groups in total. The van der Waals surface area contributed by atoms with Crippen molar-refractivity contribution in [2.75, 3.05) is 29.5 Å². The van der Waals surface area contributed by atoms with Gasteiger partial charge in [0.25, 0.3) is 5.91 Å². The first-order valence-corrected chi connectivity index (χ1v) is 14.1. The van der Waals surface area contributed by atoms with E-state index in [1.165, 1.54) is 0 Å². The Kier molecular flexibility index (Phi) is 5.62. The maximum atomic E-state index is 13.8. The molecule has 0 aromatic heterocycles. The molecule has 4 rings (SSSR count). The molecule has 1 aromatic rings. The molecule has 0 saturated carbocycles. The molecule has 0 unspecified atom stereocenters. The summed E-state index contributed by atoms with van der Waals surface area (Å²) in [7, 11) is -2.71. The van der Waals surface area contributed by atoms with Gasteiger partial charge < -0.3 is 24.4 Å². The molecule has 1 spiro atoms. The fourth-order valence-electron chi connectivity index (χ4n) is 5.86. The number of carbonyl (C=O) groups is 2. The number of nitrogens with zero attached hydrogens (tertiary/aromatic N) is 2. The number of aliphatic hydroxyl groups excluding tert-OH is 1. The van der Waals surface area contributed by atoms with Gasteiger partial charge in [-0.05, 0) is 44.1 Å². The predicted molar refractivity (Wildman–Crippen MR) is 121 cm³/mol. The highest BCUT2D eigenvalue weighted by Gasteiger charge is 2.66. The van der Waals surface area contributed by atoms with Gasteiger partial charge in [0.1, 0.15) is 0 Å². The van der Waals surface area contributed by atoms with Crippen LogP contribution in [0.1, 0.15) is 31.7 Å². The Hall–Kier alpha value is -2.00. The lowest BCUT2D eigenvalue weighted by Gasteiger charge is -2.32. The monoisotopic (exact) mass is 444 g/mol. The largest absolute Gasteiger partial charge is 0.432 e. The van der Waals surface area contributed by atoms with Gasteiger partial charge in [-0.2, -0.15) is 0 Å². The third-order valence-electron chi connectivity index (χ3n) is 7.08. The molecule has 1 aromatic carbocycles. The number of anilines is 2. The lowest BCUT2D eigenvalue weighted by Crippen LogP contribution is -2.46. The highest BCUT2D eigenvalue weighted by Crippen LogP contribution is 2.60. The Balaban J connectivity index is 1.87. The van der Waals surface area contributed by atoms with Crippen LogP contribution in [0.15, 0.2) is 30.9 Å². The fourth-order valence-corrected chi connectivity index (χ4v) is 8.46. The van der Waals surface area contributed by atoms with Crippen LogP contribution >= 0.6 is 0 Å². The van der Waals surface area contributed by atoms with Gasteiger partial charge in [0.15, 0.2) is 13.9 Å². The zero-order chi connectivity index (χ0) is 22.6. The Morgan fingerprint density at radius 2 is 2.10 bits per heavy atom. The van der Waals surface area contributed by atoms with Gasteiger partial charge in [-0.3, -0.25) is 9.59 Å². The maximum Gasteiger partial charge on any atom is 0.264 e. The molecule has 3 heterocycles. The van der Waals surface area contributed by atoms with Crippen molar-refractivity contribution in [3.8, 4) is 0 Å². The molecule has 7 nitrogen and oxygen atoms in total. The van der Waals surface area contributed by atoms with Gasteiger partial charge in [0.2, 0.25) is 5.91 Å². The van der Waals surface area contributed by atoms with Crippen molar-refractivity contribution in [3.63, 3.8) is 0 Å². The van der Waals surface area contributed by atoms with Gasteiger partial charge in [0, 0.05) is 48.8 Å². The van der Waals surface area contributed by atoms with Crippen molar-refractivity contribution in [1.82, 2.24) is 0 Å². The lowest BCUT2D eigenvalue weighted by atomic mass is 9.82. The average Bonchev–Trinajstić information content (AvgIpc) is 3.32. The molecule has 31 heavy (non-hydrogen) atoms. The third kappa shape index (κ3) is 3.28. The molecular formula is C23H32N2O5Si. The molecule has 0 bridgehead atoms. The zero-order valence-corrected chi connectivity index (χ0v) is 19.5. The molecule has 0 aliphatic carbocycles. The summed E-state index contributed by atoms with van der Waals surface area (Å²) < 4.78 is 6.55. The van der Waals surface area contributed by atoms with Gasteiger partial charge in [-0.25, -0.2) is 0 Å². The second-order valence-electron chi connectivity index (χ2n) is 9.43. The third-order valence-corrected chi connectivity index (χ3v) is 9.58. The van der Waals surface area contributed by atoms with Gasteiger partial charge >= 0.3 is 0 Å². The number of hydrogen-bond acceptors (Lipinski definition) is 5. The van der Waals surface area contributed by atoms with Crippen molar-refractivity contribution >= 4 is 31.5 Å². The number of fused-ring (bicyclic) bond motifs is 2. The van der Waals surface area contributed by atoms with Crippen LogP contribution in [0.25, 0.3) is 0 Å². The molecule has 2 saturated heterocycles. The number of aliphatic hydroxyl groups is 1. The Bertz CT molecular complexity index is 914. The summed E-state index contributed by atoms with van der Waals surface area (Å²) in [6.07, 6.45) is 2.99. The molecule has 0 radical (unpaired) electrons. The van der Waals surface area contributed by atoms with Crippen LogP contribution < -0.4 is 9.80 Å². The smallest absolute Gasteiger partial charge is 0.264 e. The minimum atomic E-state index is -2.71. The number of hydrogen-bond donors (Lipinski definition) is 2. The molecule has 3 aliphatic rings. The van der Waals surface area contributed by atoms with E-state index in [4.69, 9.17) is 4.74 Å². The number of carbonyl (C=O) groups excluding carboxylic acids is 2. The van der Waals surface area contributed by atoms with Gasteiger partial charge in [-0.1, -0.05) is 13.0 Å². The summed E-state index contributed by atoms with van der Waals surface area (Å²) in [4.78, 5) is 40.7. The summed E-state index contributed by atoms with van der Waals surface area (Å²) in [5.41, 5.74) is 0.819. The molecule has 168 valence electrons. The van der Waals surface area contributed by atoms with Crippen LogP contribution in [0, 0.1) is 5.92 Å². The van der Waals surface area contributed by atoms with E-state index >= 15 is 0 Å². The predicted octanol–water partition coefficient (Wildman–Crippen LogP) is 2.53. The van der Waals surface area contributed by atoms with Crippen molar-refractivity contribution < 1.29 is 24.2 Å². The fraction of sp³-hybridized carbons (Fsp3) is 0.565. The molecule has 4 atom stereocenters. The second kappa shape index (κ2) is 7.85. The summed E-state index contributed by atoms with van der Waals surface area (Å²) >= 11 is 0. The number of benzene rings is 1. The van der Waals surface area contributed by atoms with Crippen molar-refractivity contribution in [3.05, 3.63) is 36.4 Å². The van der Waals surface area contributed by atoms with Gasteiger partial charge in [-0.15, -0.1) is 6.58 Å². The van der Waals surface area contributed by atoms with Crippen LogP contribution in [0.2, 0.25) is 18.6 Å². The van der Waals surface area contributed by atoms with Crippen LogP contribution in [-0.4, -0.2) is 55.8 Å². The van der Waals surface area contributed by atoms with Gasteiger partial charge in [0.05, 0.1) is 11.8 Å². The summed E-state index contributed by atoms with van der Waals surface area (Å²) in [5, 5.41) is 9.64. The number of rotatable bonds is 6. The average molecular weight is 445 g/mol. The van der Waals surface area contributed by atoms with E-state index in [1.54, 1.807) is 15.9 Å². The van der Waals surface area contributed by atoms with Crippen molar-refractivity contribution in [1.29, 1.82) is 0 Å². The lowest BCUT2D eigenvalue weighted by molar-refractivity contribution is -0.146. The van der Waals surface area contributed by atoms with E-state index in [1.807, 2.05) is 38.2 Å². The van der Waals surface area contributed by atoms with E-state index in [0.717, 1.165) is 23.4 Å². The van der Waals surface area contributed by atoms with E-state index in [2.05, 4.69) is 6.58 Å². The standard InChI is InChI=1S/C23H32N2O5Si/c1-5-11-25-18-9-8-16(24-12-6-7-20(24)27)14-17(18)23(22(25)28)15(2)21(31(3,4)29)19(30-23)10-13-26/h5,8-9,14-15,19,21,26,29H,1,6-7,10-13H2,2-4H3/t15-,19+,21-,23+/m1/s1. The molecular weight excluding hydrogens is 412 g/mol. The van der Waals surface area contributed by atoms with Crippen LogP contribution in [0.5, 0.6) is 0 Å². The van der Waals surface area contributed by atoms with E-state index < -0.39 is 20.0 Å². The molecule has 3 aliphatic heterocycles. The second-order valence-corrected chi connectivity index (χ2v) is 13.4. The number of amides is 2. The minimum absolute atomic E-state index is 0.0752. The summed E-state index contributed by atoms with van der Waals surface area (Å²) in [6.45, 7) is 10.4. The van der Waals surface area contributed by atoms with Crippen LogP contribution in [0.3, 0.4) is 0 Å². The topological polar surface area (TPSA) is 90.3 Å². The quantitative estimate of drug-likeness (QED) is 0.520. The zero-order valence-electron chi connectivity index (χ0n) is 18.5. The first-order chi connectivity index (χ1) is 14.7. The molecule has 8 heteroatoms. The maximum absolute atomic E-state index is 13.8. The van der Waals surface area contributed by atoms with E-state index in [-0.39, 0.29) is 29.9 Å². The van der Waals surface area contributed by atoms with Crippen LogP contribution in [0.4, 0.5) is 11.4 Å². The molecule has 2 fully saturated rings. The van der Waals surface area contributed by atoms with Crippen LogP contribution in [-0.2, 0) is 19.9 Å². The van der Waals surface area contributed by atoms with E-state index in [0.29, 0.717) is 25.9 Å². The van der Waals surface area contributed by atoms with E-state index in [9.17, 15) is 19.5 Å². The Morgan fingerprint density at radius 1 is 1.35 bits per heavy atom. The van der Waals surface area contributed by atoms with Crippen molar-refractivity contribution in [2.24, 2.45) is 5.92 Å². The first-order valence-electron chi connectivity index (χ1n) is 11.1. The summed E-state index contributed by atoms with van der Waals surface area (Å²) in [5.74, 6) is -0.355. The first kappa shape index (κ1) is 22.2. The number of ether oxygens (including phenoxy) is 1. The SMILES string of the molecule is C=CCN1C(=O)[C@@]2(O[C@@H](CCO)[C@H]([Si](C)(C)O)[C@H]2C)c2cc(N3CCCC3=O)ccc21.